The van der Waals surface area contributed by atoms with Gasteiger partial charge in [-0.1, -0.05) is 64.2 Å². The summed E-state index contributed by atoms with van der Waals surface area (Å²) >= 11 is 0. The van der Waals surface area contributed by atoms with Gasteiger partial charge in [0.15, 0.2) is 0 Å². The molecule has 1 rings (SSSR count). The molecule has 1 saturated heterocycles. The normalized spacial score (nSPS) is 30.6. The van der Waals surface area contributed by atoms with Crippen LogP contribution in [0.1, 0.15) is 84.0 Å². The van der Waals surface area contributed by atoms with E-state index in [1.807, 2.05) is 0 Å². The average molecular weight is 346 g/mol. The van der Waals surface area contributed by atoms with E-state index in [4.69, 9.17) is 10.5 Å². The SMILES string of the molecule is CC1O[C@H](CCCCCCCCCCCCCN)C(O)[C@@H](O)[C@H]1O. The first-order valence-electron chi connectivity index (χ1n) is 9.97. The van der Waals surface area contributed by atoms with E-state index >= 15 is 0 Å². The van der Waals surface area contributed by atoms with Gasteiger partial charge in [0.2, 0.25) is 0 Å². The molecule has 2 unspecified atom stereocenters. The number of hydrogen-bond donors (Lipinski definition) is 4. The van der Waals surface area contributed by atoms with Gasteiger partial charge in [0, 0.05) is 0 Å². The second-order valence-electron chi connectivity index (χ2n) is 7.32. The third-order valence-electron chi connectivity index (χ3n) is 5.14. The molecular weight excluding hydrogens is 306 g/mol. The lowest BCUT2D eigenvalue weighted by molar-refractivity contribution is -0.218. The van der Waals surface area contributed by atoms with Gasteiger partial charge in [-0.3, -0.25) is 0 Å². The van der Waals surface area contributed by atoms with Crippen LogP contribution in [-0.4, -0.2) is 52.4 Å². The fourth-order valence-electron chi connectivity index (χ4n) is 3.46. The molecule has 5 atom stereocenters. The predicted octanol–water partition coefficient (Wildman–Crippen LogP) is 2.50. The van der Waals surface area contributed by atoms with Crippen molar-refractivity contribution in [3.8, 4) is 0 Å². The third-order valence-corrected chi connectivity index (χ3v) is 5.14. The number of rotatable bonds is 13. The van der Waals surface area contributed by atoms with Crippen LogP contribution in [0.15, 0.2) is 0 Å². The number of ether oxygens (including phenoxy) is 1. The van der Waals surface area contributed by atoms with Gasteiger partial charge in [0.1, 0.15) is 18.3 Å². The van der Waals surface area contributed by atoms with Crippen LogP contribution in [0.4, 0.5) is 0 Å². The Hall–Kier alpha value is -0.200. The number of hydrogen-bond acceptors (Lipinski definition) is 5. The number of aliphatic hydroxyl groups is 3. The van der Waals surface area contributed by atoms with Crippen molar-refractivity contribution in [1.82, 2.24) is 0 Å². The van der Waals surface area contributed by atoms with E-state index in [2.05, 4.69) is 0 Å². The number of nitrogens with two attached hydrogens (primary N) is 1. The van der Waals surface area contributed by atoms with Crippen molar-refractivity contribution in [3.05, 3.63) is 0 Å². The molecule has 1 aliphatic rings. The van der Waals surface area contributed by atoms with Crippen LogP contribution in [0.3, 0.4) is 0 Å². The molecule has 24 heavy (non-hydrogen) atoms. The minimum atomic E-state index is -1.09. The third kappa shape index (κ3) is 8.26. The Morgan fingerprint density at radius 2 is 1.12 bits per heavy atom. The summed E-state index contributed by atoms with van der Waals surface area (Å²) in [5.41, 5.74) is 5.48. The predicted molar refractivity (Wildman–Crippen MR) is 96.8 cm³/mol. The Balaban J connectivity index is 1.93. The summed E-state index contributed by atoms with van der Waals surface area (Å²) in [6, 6.07) is 0. The largest absolute Gasteiger partial charge is 0.388 e. The van der Waals surface area contributed by atoms with Crippen molar-refractivity contribution >= 4 is 0 Å². The molecule has 1 fully saturated rings. The highest BCUT2D eigenvalue weighted by atomic mass is 16.5. The van der Waals surface area contributed by atoms with Gasteiger partial charge in [0.25, 0.3) is 0 Å². The Bertz CT molecular complexity index is 303. The summed E-state index contributed by atoms with van der Waals surface area (Å²) in [5, 5.41) is 29.4. The van der Waals surface area contributed by atoms with Crippen LogP contribution in [0, 0.1) is 0 Å². The molecule has 0 aromatic heterocycles. The molecule has 1 heterocycles. The lowest BCUT2D eigenvalue weighted by Gasteiger charge is -2.39. The molecule has 1 aliphatic heterocycles. The van der Waals surface area contributed by atoms with E-state index < -0.39 is 24.4 Å². The highest BCUT2D eigenvalue weighted by molar-refractivity contribution is 4.90. The molecule has 0 bridgehead atoms. The molecule has 5 heteroatoms. The second-order valence-corrected chi connectivity index (χ2v) is 7.32. The standard InChI is InChI=1S/C19H39NO4/c1-15-17(21)19(23)18(22)16(24-15)13-11-9-7-5-3-2-4-6-8-10-12-14-20/h15-19,21-23H,2-14,20H2,1H3/t15?,16-,17+,18?,19+/m1/s1. The maximum atomic E-state index is 9.96. The van der Waals surface area contributed by atoms with E-state index in [0.29, 0.717) is 0 Å². The summed E-state index contributed by atoms with van der Waals surface area (Å²) in [6.45, 7) is 2.56. The van der Waals surface area contributed by atoms with Gasteiger partial charge in [-0.25, -0.2) is 0 Å². The van der Waals surface area contributed by atoms with Crippen molar-refractivity contribution in [3.63, 3.8) is 0 Å². The van der Waals surface area contributed by atoms with Crippen molar-refractivity contribution in [1.29, 1.82) is 0 Å². The Kier molecular flexibility index (Phi) is 11.9. The van der Waals surface area contributed by atoms with Gasteiger partial charge in [-0.05, 0) is 26.3 Å². The zero-order valence-electron chi connectivity index (χ0n) is 15.4. The average Bonchev–Trinajstić information content (AvgIpc) is 2.58. The van der Waals surface area contributed by atoms with Gasteiger partial charge < -0.3 is 25.8 Å². The van der Waals surface area contributed by atoms with Crippen LogP contribution in [0.5, 0.6) is 0 Å². The van der Waals surface area contributed by atoms with E-state index in [9.17, 15) is 15.3 Å². The molecular formula is C19H39NO4. The molecule has 144 valence electrons. The van der Waals surface area contributed by atoms with Crippen LogP contribution >= 0.6 is 0 Å². The van der Waals surface area contributed by atoms with Crippen molar-refractivity contribution in [2.75, 3.05) is 6.54 Å². The fraction of sp³-hybridized carbons (Fsp3) is 1.00. The van der Waals surface area contributed by atoms with Crippen molar-refractivity contribution < 1.29 is 20.1 Å². The Morgan fingerprint density at radius 3 is 1.62 bits per heavy atom. The summed E-state index contributed by atoms with van der Waals surface area (Å²) < 4.78 is 5.61. The molecule has 0 aliphatic carbocycles. The monoisotopic (exact) mass is 345 g/mol. The molecule has 5 N–H and O–H groups in total. The second kappa shape index (κ2) is 13.1. The Labute approximate surface area is 147 Å². The highest BCUT2D eigenvalue weighted by Gasteiger charge is 2.41. The number of aliphatic hydroxyl groups excluding tert-OH is 3. The summed E-state index contributed by atoms with van der Waals surface area (Å²) in [6.07, 6.45) is 10.6. The topological polar surface area (TPSA) is 95.9 Å². The van der Waals surface area contributed by atoms with E-state index in [0.717, 1.165) is 32.2 Å². The first kappa shape index (κ1) is 21.8. The van der Waals surface area contributed by atoms with Crippen LogP contribution < -0.4 is 5.73 Å². The lowest BCUT2D eigenvalue weighted by atomic mass is 9.92. The summed E-state index contributed by atoms with van der Waals surface area (Å²) in [7, 11) is 0. The van der Waals surface area contributed by atoms with Gasteiger partial charge in [-0.15, -0.1) is 0 Å². The molecule has 0 aromatic rings. The van der Waals surface area contributed by atoms with Crippen LogP contribution in [-0.2, 0) is 4.74 Å². The smallest absolute Gasteiger partial charge is 0.111 e. The Morgan fingerprint density at radius 1 is 0.667 bits per heavy atom. The molecule has 0 radical (unpaired) electrons. The minimum Gasteiger partial charge on any atom is -0.388 e. The molecule has 0 amide bonds. The first-order chi connectivity index (χ1) is 11.6. The maximum absolute atomic E-state index is 9.96. The maximum Gasteiger partial charge on any atom is 0.111 e. The van der Waals surface area contributed by atoms with Gasteiger partial charge >= 0.3 is 0 Å². The van der Waals surface area contributed by atoms with E-state index in [1.165, 1.54) is 51.4 Å². The van der Waals surface area contributed by atoms with Crippen LogP contribution in [0.2, 0.25) is 0 Å². The van der Waals surface area contributed by atoms with Gasteiger partial charge in [-0.2, -0.15) is 0 Å². The number of unbranched alkanes of at least 4 members (excludes halogenated alkanes) is 10. The molecule has 5 nitrogen and oxygen atoms in total. The molecule has 0 spiro atoms. The summed E-state index contributed by atoms with van der Waals surface area (Å²) in [4.78, 5) is 0. The molecule has 0 saturated carbocycles. The quantitative estimate of drug-likeness (QED) is 0.385. The van der Waals surface area contributed by atoms with E-state index in [-0.39, 0.29) is 6.10 Å². The van der Waals surface area contributed by atoms with Gasteiger partial charge in [0.05, 0.1) is 12.2 Å². The highest BCUT2D eigenvalue weighted by Crippen LogP contribution is 2.24. The van der Waals surface area contributed by atoms with Crippen molar-refractivity contribution in [2.45, 2.75) is 114 Å². The molecule has 0 aromatic carbocycles. The minimum absolute atomic E-state index is 0.355. The zero-order chi connectivity index (χ0) is 17.8. The zero-order valence-corrected chi connectivity index (χ0v) is 15.4. The first-order valence-corrected chi connectivity index (χ1v) is 9.97. The fourth-order valence-corrected chi connectivity index (χ4v) is 3.46. The van der Waals surface area contributed by atoms with E-state index in [1.54, 1.807) is 6.92 Å². The van der Waals surface area contributed by atoms with Crippen molar-refractivity contribution in [2.24, 2.45) is 5.73 Å². The van der Waals surface area contributed by atoms with Crippen LogP contribution in [0.25, 0.3) is 0 Å². The lowest BCUT2D eigenvalue weighted by Crippen LogP contribution is -2.56. The summed E-state index contributed by atoms with van der Waals surface area (Å²) in [5.74, 6) is 0.